The van der Waals surface area contributed by atoms with Crippen LogP contribution < -0.4 is 5.32 Å². The first-order valence-corrected chi connectivity index (χ1v) is 12.2. The minimum Gasteiger partial charge on any atom is -0.481 e. The molecule has 1 saturated carbocycles. The van der Waals surface area contributed by atoms with Crippen molar-refractivity contribution in [1.82, 2.24) is 9.88 Å². The molecule has 8 heteroatoms. The molecular formula is C22H29N3O3S2. The number of aromatic nitrogens is 1. The molecule has 0 atom stereocenters. The van der Waals surface area contributed by atoms with Gasteiger partial charge in [-0.05, 0) is 43.6 Å². The van der Waals surface area contributed by atoms with Crippen molar-refractivity contribution in [3.63, 3.8) is 0 Å². The number of nitrogens with zero attached hydrogens (tertiary/aromatic N) is 2. The van der Waals surface area contributed by atoms with Crippen molar-refractivity contribution in [1.29, 1.82) is 0 Å². The van der Waals surface area contributed by atoms with E-state index in [-0.39, 0.29) is 18.5 Å². The van der Waals surface area contributed by atoms with E-state index in [1.807, 2.05) is 23.1 Å². The first-order valence-electron chi connectivity index (χ1n) is 10.4. The van der Waals surface area contributed by atoms with Crippen LogP contribution in [-0.4, -0.2) is 45.3 Å². The second kappa shape index (κ2) is 11.4. The summed E-state index contributed by atoms with van der Waals surface area (Å²) in [6.07, 6.45) is 7.02. The molecule has 1 heterocycles. The van der Waals surface area contributed by atoms with Crippen LogP contribution in [0.4, 0.5) is 9.93 Å². The number of aliphatic carboxylic acids is 1. The number of anilines is 1. The van der Waals surface area contributed by atoms with E-state index in [4.69, 9.17) is 5.11 Å². The molecule has 0 spiro atoms. The van der Waals surface area contributed by atoms with Crippen LogP contribution in [0.2, 0.25) is 0 Å². The molecule has 2 N–H and O–H groups in total. The second-order valence-electron chi connectivity index (χ2n) is 7.75. The number of carboxylic acids is 1. The Morgan fingerprint density at radius 1 is 1.23 bits per heavy atom. The van der Waals surface area contributed by atoms with Crippen LogP contribution in [-0.2, 0) is 11.2 Å². The molecule has 0 bridgehead atoms. The Balaban J connectivity index is 1.61. The van der Waals surface area contributed by atoms with Gasteiger partial charge in [0, 0.05) is 18.3 Å². The predicted octanol–water partition coefficient (Wildman–Crippen LogP) is 5.37. The number of amides is 2. The van der Waals surface area contributed by atoms with Gasteiger partial charge in [-0.25, -0.2) is 9.78 Å². The number of thiazole rings is 1. The van der Waals surface area contributed by atoms with Crippen molar-refractivity contribution >= 4 is 40.2 Å². The first-order chi connectivity index (χ1) is 14.5. The van der Waals surface area contributed by atoms with Gasteiger partial charge in [-0.3, -0.25) is 10.1 Å². The molecule has 1 aromatic carbocycles. The quantitative estimate of drug-likeness (QED) is 0.505. The van der Waals surface area contributed by atoms with Gasteiger partial charge in [0.15, 0.2) is 5.13 Å². The summed E-state index contributed by atoms with van der Waals surface area (Å²) in [6.45, 7) is 2.96. The van der Waals surface area contributed by atoms with Crippen LogP contribution >= 0.6 is 23.1 Å². The Labute approximate surface area is 186 Å². The molecule has 1 fully saturated rings. The molecule has 0 aliphatic heterocycles. The minimum absolute atomic E-state index is 0.0954. The van der Waals surface area contributed by atoms with Crippen molar-refractivity contribution in [3.8, 4) is 0 Å². The van der Waals surface area contributed by atoms with Crippen LogP contribution in [0.25, 0.3) is 0 Å². The Kier molecular flexibility index (Phi) is 8.57. The van der Waals surface area contributed by atoms with Gasteiger partial charge in [0.25, 0.3) is 0 Å². The Morgan fingerprint density at radius 2 is 1.97 bits per heavy atom. The summed E-state index contributed by atoms with van der Waals surface area (Å²) in [5.74, 6) is 0.412. The number of urea groups is 1. The van der Waals surface area contributed by atoms with Gasteiger partial charge in [-0.1, -0.05) is 48.6 Å². The van der Waals surface area contributed by atoms with E-state index in [1.165, 1.54) is 28.7 Å². The summed E-state index contributed by atoms with van der Waals surface area (Å²) in [6, 6.07) is 10.4. The van der Waals surface area contributed by atoms with Crippen LogP contribution in [0.5, 0.6) is 0 Å². The Morgan fingerprint density at radius 3 is 2.67 bits per heavy atom. The lowest BCUT2D eigenvalue weighted by atomic mass is 9.86. The number of thioether (sulfide) groups is 1. The average molecular weight is 448 g/mol. The molecule has 2 amide bonds. The summed E-state index contributed by atoms with van der Waals surface area (Å²) >= 11 is 2.84. The summed E-state index contributed by atoms with van der Waals surface area (Å²) in [5, 5.41) is 12.3. The lowest BCUT2D eigenvalue weighted by Gasteiger charge is -2.36. The fraction of sp³-hybridized carbons (Fsp3) is 0.500. The van der Waals surface area contributed by atoms with E-state index in [2.05, 4.69) is 29.4 Å². The lowest BCUT2D eigenvalue weighted by molar-refractivity contribution is -0.136. The van der Waals surface area contributed by atoms with Gasteiger partial charge in [0.1, 0.15) is 0 Å². The zero-order chi connectivity index (χ0) is 21.3. The topological polar surface area (TPSA) is 82.5 Å². The maximum atomic E-state index is 13.1. The summed E-state index contributed by atoms with van der Waals surface area (Å²) < 4.78 is 0.911. The number of carbonyl (C=O) groups is 2. The van der Waals surface area contributed by atoms with E-state index < -0.39 is 5.97 Å². The zero-order valence-corrected chi connectivity index (χ0v) is 18.9. The minimum atomic E-state index is -0.809. The summed E-state index contributed by atoms with van der Waals surface area (Å²) in [7, 11) is 0. The van der Waals surface area contributed by atoms with E-state index in [9.17, 15) is 9.59 Å². The molecule has 30 heavy (non-hydrogen) atoms. The highest BCUT2D eigenvalue weighted by Crippen LogP contribution is 2.30. The Hall–Kier alpha value is -2.06. The molecule has 1 aromatic heterocycles. The van der Waals surface area contributed by atoms with Crippen molar-refractivity contribution < 1.29 is 14.7 Å². The molecule has 162 valence electrons. The monoisotopic (exact) mass is 447 g/mol. The smallest absolute Gasteiger partial charge is 0.323 e. The number of hydrogen-bond acceptors (Lipinski definition) is 5. The zero-order valence-electron chi connectivity index (χ0n) is 17.3. The van der Waals surface area contributed by atoms with Crippen molar-refractivity contribution in [2.75, 3.05) is 17.6 Å². The molecule has 1 aliphatic carbocycles. The van der Waals surface area contributed by atoms with E-state index in [0.717, 1.165) is 42.2 Å². The van der Waals surface area contributed by atoms with E-state index in [1.54, 1.807) is 6.20 Å². The lowest BCUT2D eigenvalue weighted by Crippen LogP contribution is -2.45. The highest BCUT2D eigenvalue weighted by Gasteiger charge is 2.28. The molecule has 2 aromatic rings. The van der Waals surface area contributed by atoms with Crippen molar-refractivity contribution in [2.24, 2.45) is 5.92 Å². The number of carboxylic acid groups (broad SMARTS) is 1. The van der Waals surface area contributed by atoms with E-state index in [0.29, 0.717) is 17.4 Å². The Bertz CT molecular complexity index is 820. The molecular weight excluding hydrogens is 418 g/mol. The molecule has 0 radical (unpaired) electrons. The molecule has 3 rings (SSSR count). The number of rotatable bonds is 9. The van der Waals surface area contributed by atoms with Gasteiger partial charge in [0.05, 0.1) is 16.8 Å². The van der Waals surface area contributed by atoms with Crippen LogP contribution in [0.15, 0.2) is 40.7 Å². The number of hydrogen-bond donors (Lipinski definition) is 2. The molecule has 0 saturated heterocycles. The maximum absolute atomic E-state index is 13.1. The highest BCUT2D eigenvalue weighted by molar-refractivity contribution is 8.01. The third kappa shape index (κ3) is 7.02. The van der Waals surface area contributed by atoms with Gasteiger partial charge in [-0.2, -0.15) is 0 Å². The summed E-state index contributed by atoms with van der Waals surface area (Å²) in [5.41, 5.74) is 1.23. The second-order valence-corrected chi connectivity index (χ2v) is 10.2. The van der Waals surface area contributed by atoms with Crippen LogP contribution in [0.3, 0.4) is 0 Å². The fourth-order valence-corrected chi connectivity index (χ4v) is 5.55. The van der Waals surface area contributed by atoms with Gasteiger partial charge >= 0.3 is 12.0 Å². The fourth-order valence-electron chi connectivity index (χ4n) is 3.68. The number of carbonyl (C=O) groups excluding carboxylic acids is 1. The maximum Gasteiger partial charge on any atom is 0.323 e. The third-order valence-electron chi connectivity index (χ3n) is 5.43. The SMILES string of the molecule is CC1CCC(N(CCc2ccccc2)C(=O)Nc2ncc(SCCC(=O)O)s2)CC1. The predicted molar refractivity (Wildman–Crippen MR) is 122 cm³/mol. The van der Waals surface area contributed by atoms with Gasteiger partial charge in [-0.15, -0.1) is 11.8 Å². The molecule has 0 unspecified atom stereocenters. The molecule has 6 nitrogen and oxygen atoms in total. The van der Waals surface area contributed by atoms with E-state index >= 15 is 0 Å². The molecule has 1 aliphatic rings. The van der Waals surface area contributed by atoms with Crippen LogP contribution in [0, 0.1) is 5.92 Å². The normalized spacial score (nSPS) is 18.7. The first kappa shape index (κ1) is 22.6. The third-order valence-corrected chi connectivity index (χ3v) is 7.54. The van der Waals surface area contributed by atoms with Crippen molar-refractivity contribution in [2.45, 2.75) is 55.7 Å². The van der Waals surface area contributed by atoms with Gasteiger partial charge in [0.2, 0.25) is 0 Å². The van der Waals surface area contributed by atoms with Crippen LogP contribution in [0.1, 0.15) is 44.6 Å². The van der Waals surface area contributed by atoms with Crippen molar-refractivity contribution in [3.05, 3.63) is 42.1 Å². The van der Waals surface area contributed by atoms with Gasteiger partial charge < -0.3 is 10.0 Å². The number of nitrogens with one attached hydrogen (secondary N) is 1. The summed E-state index contributed by atoms with van der Waals surface area (Å²) in [4.78, 5) is 30.1. The largest absolute Gasteiger partial charge is 0.481 e. The number of benzene rings is 1. The highest BCUT2D eigenvalue weighted by atomic mass is 32.2. The average Bonchev–Trinajstić information content (AvgIpc) is 3.17. The standard InChI is InChI=1S/C22H29N3O3S2/c1-16-7-9-18(10-8-16)25(13-11-17-5-3-2-4-6-17)22(28)24-21-23-15-20(30-21)29-14-12-19(26)27/h2-6,15-16,18H,7-14H2,1H3,(H,26,27)(H,23,24,28).